The molecule has 1 fully saturated rings. The number of nitrogens with two attached hydrogens (primary N) is 1. The number of rotatable bonds is 7. The van der Waals surface area contributed by atoms with Gasteiger partial charge in [-0.1, -0.05) is 11.6 Å². The van der Waals surface area contributed by atoms with Gasteiger partial charge in [-0.25, -0.2) is 9.50 Å². The first-order valence-electron chi connectivity index (χ1n) is 11.4. The lowest BCUT2D eigenvalue weighted by molar-refractivity contribution is 0.206. The third-order valence-corrected chi connectivity index (χ3v) is 6.58. The van der Waals surface area contributed by atoms with Crippen molar-refractivity contribution < 1.29 is 4.74 Å². The summed E-state index contributed by atoms with van der Waals surface area (Å²) in [5.74, 6) is 1.36. The van der Waals surface area contributed by atoms with Crippen LogP contribution in [-0.4, -0.2) is 43.6 Å². The maximum atomic E-state index is 6.54. The van der Waals surface area contributed by atoms with Gasteiger partial charge in [0.1, 0.15) is 24.2 Å². The summed E-state index contributed by atoms with van der Waals surface area (Å²) in [5, 5.41) is 8.31. The first-order valence-corrected chi connectivity index (χ1v) is 11.8. The number of aromatic nitrogens is 4. The van der Waals surface area contributed by atoms with Gasteiger partial charge in [0.25, 0.3) is 0 Å². The van der Waals surface area contributed by atoms with Gasteiger partial charge in [0.15, 0.2) is 5.82 Å². The van der Waals surface area contributed by atoms with Gasteiger partial charge in [0.05, 0.1) is 5.02 Å². The van der Waals surface area contributed by atoms with Gasteiger partial charge in [-0.2, -0.15) is 5.10 Å². The number of nitrogens with one attached hydrogen (secondary N) is 1. The van der Waals surface area contributed by atoms with E-state index >= 15 is 0 Å². The van der Waals surface area contributed by atoms with Crippen molar-refractivity contribution in [3.05, 3.63) is 77.0 Å². The predicted octanol–water partition coefficient (Wildman–Crippen LogP) is 4.33. The van der Waals surface area contributed by atoms with Crippen molar-refractivity contribution in [2.24, 2.45) is 5.73 Å². The molecular weight excluding hydrogens is 450 g/mol. The minimum absolute atomic E-state index is 0.313. The molecular formula is C25H28ClN7O. The van der Waals surface area contributed by atoms with Crippen molar-refractivity contribution in [1.82, 2.24) is 24.5 Å². The van der Waals surface area contributed by atoms with Crippen molar-refractivity contribution >= 4 is 28.6 Å². The lowest BCUT2D eigenvalue weighted by atomic mass is 10.1. The van der Waals surface area contributed by atoms with E-state index in [-0.39, 0.29) is 0 Å². The van der Waals surface area contributed by atoms with E-state index in [9.17, 15) is 0 Å². The van der Waals surface area contributed by atoms with Crippen LogP contribution in [0.3, 0.4) is 0 Å². The Morgan fingerprint density at radius 1 is 1.18 bits per heavy atom. The monoisotopic (exact) mass is 477 g/mol. The van der Waals surface area contributed by atoms with Crippen molar-refractivity contribution in [3.8, 4) is 5.75 Å². The number of fused-ring (bicyclic) bond motifs is 1. The summed E-state index contributed by atoms with van der Waals surface area (Å²) in [6.45, 7) is 5.29. The number of halogens is 1. The van der Waals surface area contributed by atoms with E-state index in [2.05, 4.69) is 31.3 Å². The molecule has 1 aromatic carbocycles. The fraction of sp³-hybridized carbons (Fsp3) is 0.320. The molecule has 3 aromatic heterocycles. The molecule has 0 atom stereocenters. The Hall–Kier alpha value is -3.20. The average Bonchev–Trinajstić information content (AvgIpc) is 3.25. The van der Waals surface area contributed by atoms with Crippen LogP contribution in [0, 0.1) is 6.92 Å². The molecule has 0 amide bonds. The Bertz CT molecular complexity index is 1280. The molecule has 0 spiro atoms. The highest BCUT2D eigenvalue weighted by molar-refractivity contribution is 6.32. The summed E-state index contributed by atoms with van der Waals surface area (Å²) in [6, 6.07) is 10.0. The summed E-state index contributed by atoms with van der Waals surface area (Å²) in [5.41, 5.74) is 11.2. The number of pyridine rings is 1. The molecule has 9 heteroatoms. The fourth-order valence-electron chi connectivity index (χ4n) is 4.23. The van der Waals surface area contributed by atoms with Gasteiger partial charge in [0, 0.05) is 42.4 Å². The second-order valence-electron chi connectivity index (χ2n) is 8.72. The number of nitrogens with zero attached hydrogens (tertiary/aromatic N) is 5. The predicted molar refractivity (Wildman–Crippen MR) is 134 cm³/mol. The molecule has 4 aromatic rings. The van der Waals surface area contributed by atoms with E-state index in [1.165, 1.54) is 5.56 Å². The Morgan fingerprint density at radius 2 is 2.03 bits per heavy atom. The number of ether oxygens (including phenoxy) is 1. The van der Waals surface area contributed by atoms with Gasteiger partial charge in [0.2, 0.25) is 0 Å². The van der Waals surface area contributed by atoms with E-state index in [0.717, 1.165) is 60.6 Å². The van der Waals surface area contributed by atoms with E-state index in [4.69, 9.17) is 22.1 Å². The average molecular weight is 478 g/mol. The molecule has 0 aliphatic carbocycles. The molecule has 34 heavy (non-hydrogen) atoms. The summed E-state index contributed by atoms with van der Waals surface area (Å²) in [7, 11) is 0. The molecule has 1 aliphatic rings. The second-order valence-corrected chi connectivity index (χ2v) is 9.12. The normalized spacial score (nSPS) is 15.0. The van der Waals surface area contributed by atoms with Crippen LogP contribution in [0.5, 0.6) is 5.75 Å². The zero-order valence-corrected chi connectivity index (χ0v) is 19.9. The molecule has 1 saturated heterocycles. The van der Waals surface area contributed by atoms with Crippen molar-refractivity contribution in [3.63, 3.8) is 0 Å². The molecule has 3 N–H and O–H groups in total. The molecule has 0 unspecified atom stereocenters. The number of likely N-dealkylation sites (tertiary alicyclic amines) is 1. The SMILES string of the molecule is Cc1ccncc1COc1ccc(Nc2ncnn3ccc(CN4CCC(N)CC4)c23)cc1Cl. The summed E-state index contributed by atoms with van der Waals surface area (Å²) in [6.07, 6.45) is 9.16. The van der Waals surface area contributed by atoms with Crippen LogP contribution in [0.1, 0.15) is 29.5 Å². The molecule has 4 heterocycles. The van der Waals surface area contributed by atoms with Crippen LogP contribution in [0.15, 0.2) is 55.2 Å². The van der Waals surface area contributed by atoms with E-state index in [0.29, 0.717) is 23.4 Å². The van der Waals surface area contributed by atoms with E-state index in [1.807, 2.05) is 48.1 Å². The molecule has 0 radical (unpaired) electrons. The van der Waals surface area contributed by atoms with E-state index in [1.54, 1.807) is 12.5 Å². The van der Waals surface area contributed by atoms with Crippen molar-refractivity contribution in [1.29, 1.82) is 0 Å². The summed E-state index contributed by atoms with van der Waals surface area (Å²) in [4.78, 5) is 11.1. The summed E-state index contributed by atoms with van der Waals surface area (Å²) >= 11 is 6.54. The Morgan fingerprint density at radius 3 is 2.82 bits per heavy atom. The minimum atomic E-state index is 0.313. The van der Waals surface area contributed by atoms with Crippen LogP contribution < -0.4 is 15.8 Å². The number of piperidine rings is 1. The highest BCUT2D eigenvalue weighted by atomic mass is 35.5. The Kier molecular flexibility index (Phi) is 6.62. The van der Waals surface area contributed by atoms with Crippen molar-refractivity contribution in [2.45, 2.75) is 39.0 Å². The molecule has 0 bridgehead atoms. The van der Waals surface area contributed by atoms with Gasteiger partial charge < -0.3 is 15.8 Å². The number of hydrogen-bond acceptors (Lipinski definition) is 7. The van der Waals surface area contributed by atoms with Gasteiger partial charge in [-0.05, 0) is 74.3 Å². The minimum Gasteiger partial charge on any atom is -0.487 e. The highest BCUT2D eigenvalue weighted by Crippen LogP contribution is 2.31. The Balaban J connectivity index is 1.32. The summed E-state index contributed by atoms with van der Waals surface area (Å²) < 4.78 is 7.79. The molecule has 0 saturated carbocycles. The smallest absolute Gasteiger partial charge is 0.158 e. The van der Waals surface area contributed by atoms with Crippen LogP contribution in [-0.2, 0) is 13.2 Å². The first kappa shape index (κ1) is 22.6. The second kappa shape index (κ2) is 9.97. The third-order valence-electron chi connectivity index (χ3n) is 6.29. The maximum absolute atomic E-state index is 6.54. The van der Waals surface area contributed by atoms with Crippen LogP contribution in [0.2, 0.25) is 5.02 Å². The van der Waals surface area contributed by atoms with Crippen LogP contribution >= 0.6 is 11.6 Å². The van der Waals surface area contributed by atoms with Crippen LogP contribution in [0.4, 0.5) is 11.5 Å². The van der Waals surface area contributed by atoms with E-state index < -0.39 is 0 Å². The molecule has 8 nitrogen and oxygen atoms in total. The lowest BCUT2D eigenvalue weighted by Gasteiger charge is -2.29. The fourth-order valence-corrected chi connectivity index (χ4v) is 4.46. The van der Waals surface area contributed by atoms with Gasteiger partial charge in [-0.3, -0.25) is 9.88 Å². The first-order chi connectivity index (χ1) is 16.6. The quantitative estimate of drug-likeness (QED) is 0.409. The molecule has 5 rings (SSSR count). The standard InChI is InChI=1S/C25H28ClN7O/c1-17-4-8-28-13-19(17)15-34-23-3-2-21(12-22(23)26)31-25-24-18(5-11-33(24)30-16-29-25)14-32-9-6-20(27)7-10-32/h2-5,8,11-13,16,20H,6-7,9-10,14-15,27H2,1H3,(H,29,30,31). The largest absolute Gasteiger partial charge is 0.487 e. The number of anilines is 2. The zero-order valence-electron chi connectivity index (χ0n) is 19.1. The zero-order chi connectivity index (χ0) is 23.5. The highest BCUT2D eigenvalue weighted by Gasteiger charge is 2.19. The third kappa shape index (κ3) is 4.99. The topological polar surface area (TPSA) is 93.6 Å². The number of hydrogen-bond donors (Lipinski definition) is 2. The van der Waals surface area contributed by atoms with Crippen molar-refractivity contribution in [2.75, 3.05) is 18.4 Å². The van der Waals surface area contributed by atoms with Crippen LogP contribution in [0.25, 0.3) is 5.52 Å². The van der Waals surface area contributed by atoms with Gasteiger partial charge in [-0.15, -0.1) is 0 Å². The van der Waals surface area contributed by atoms with Gasteiger partial charge >= 0.3 is 0 Å². The lowest BCUT2D eigenvalue weighted by Crippen LogP contribution is -2.39. The number of benzene rings is 1. The number of aryl methyl sites for hydroxylation is 1. The molecule has 176 valence electrons. The molecule has 1 aliphatic heterocycles. The Labute approximate surface area is 203 Å². The maximum Gasteiger partial charge on any atom is 0.158 e.